The fraction of sp³-hybridized carbons (Fsp3) is 0.214. The molecule has 1 unspecified atom stereocenters. The van der Waals surface area contributed by atoms with Crippen molar-refractivity contribution in [3.63, 3.8) is 0 Å². The number of nitrogens with zero attached hydrogens (tertiary/aromatic N) is 2. The van der Waals surface area contributed by atoms with Gasteiger partial charge in [-0.15, -0.1) is 0 Å². The van der Waals surface area contributed by atoms with Crippen molar-refractivity contribution in [1.29, 1.82) is 0 Å². The van der Waals surface area contributed by atoms with Gasteiger partial charge in [0, 0.05) is 83.8 Å². The van der Waals surface area contributed by atoms with Gasteiger partial charge >= 0.3 is 0 Å². The zero-order chi connectivity index (χ0) is 24.5. The zero-order valence-electron chi connectivity index (χ0n) is 19.5. The van der Waals surface area contributed by atoms with Gasteiger partial charge in [-0.3, -0.25) is 9.78 Å². The Kier molecular flexibility index (Phi) is 6.09. The Labute approximate surface area is 213 Å². The van der Waals surface area contributed by atoms with E-state index < -0.39 is 0 Å². The van der Waals surface area contributed by atoms with Crippen LogP contribution in [0.3, 0.4) is 0 Å². The third kappa shape index (κ3) is 4.55. The number of hydrogen-bond acceptors (Lipinski definition) is 6. The van der Waals surface area contributed by atoms with E-state index in [2.05, 4.69) is 44.5 Å². The number of aromatic nitrogens is 2. The predicted molar refractivity (Wildman–Crippen MR) is 140 cm³/mol. The summed E-state index contributed by atoms with van der Waals surface area (Å²) in [6.07, 6.45) is 5.76. The van der Waals surface area contributed by atoms with Gasteiger partial charge in [-0.25, -0.2) is 0 Å². The maximum Gasteiger partial charge on any atom is 0.249 e. The molecule has 1 saturated heterocycles. The molecule has 0 aliphatic carbocycles. The highest BCUT2D eigenvalue weighted by Crippen LogP contribution is 2.43. The lowest BCUT2D eigenvalue weighted by molar-refractivity contribution is 0.0384. The molecular weight excluding hydrogens is 476 g/mol. The average molecular weight is 501 g/mol. The fourth-order valence-electron chi connectivity index (χ4n) is 4.80. The number of halogens is 1. The highest BCUT2D eigenvalue weighted by molar-refractivity contribution is 6.31. The molecule has 0 saturated carbocycles. The molecule has 7 nitrogen and oxygen atoms in total. The van der Waals surface area contributed by atoms with E-state index in [1.807, 2.05) is 18.2 Å². The number of para-hydroxylation sites is 1. The second-order valence-electron chi connectivity index (χ2n) is 8.97. The largest absolute Gasteiger partial charge is 0.456 e. The molecule has 6 rings (SSSR count). The van der Waals surface area contributed by atoms with Gasteiger partial charge in [0.15, 0.2) is 0 Å². The van der Waals surface area contributed by atoms with E-state index in [4.69, 9.17) is 21.1 Å². The van der Waals surface area contributed by atoms with Crippen LogP contribution < -0.4 is 20.5 Å². The molecule has 2 aliphatic rings. The maximum absolute atomic E-state index is 11.8. The molecule has 2 N–H and O–H groups in total. The number of nitrogens with one attached hydrogen (secondary N) is 2. The van der Waals surface area contributed by atoms with Crippen molar-refractivity contribution in [2.24, 2.45) is 0 Å². The number of hydrogen-bond donors (Lipinski definition) is 2. The topological polar surface area (TPSA) is 79.5 Å². The molecule has 0 bridgehead atoms. The van der Waals surface area contributed by atoms with E-state index in [0.29, 0.717) is 24.7 Å². The van der Waals surface area contributed by atoms with Gasteiger partial charge < -0.3 is 24.7 Å². The molecular formula is C28H25ClN4O3. The van der Waals surface area contributed by atoms with Gasteiger partial charge in [0.25, 0.3) is 0 Å². The second-order valence-corrected chi connectivity index (χ2v) is 9.38. The van der Waals surface area contributed by atoms with Gasteiger partial charge in [0.05, 0.1) is 6.61 Å². The van der Waals surface area contributed by atoms with Crippen LogP contribution in [-0.2, 0) is 17.7 Å². The Morgan fingerprint density at radius 3 is 2.97 bits per heavy atom. The monoisotopic (exact) mass is 500 g/mol. The highest BCUT2D eigenvalue weighted by atomic mass is 35.5. The number of anilines is 2. The van der Waals surface area contributed by atoms with Crippen LogP contribution in [0.15, 0.2) is 78.0 Å². The van der Waals surface area contributed by atoms with Crippen LogP contribution in [-0.4, -0.2) is 29.7 Å². The molecule has 2 aromatic heterocycles. The maximum atomic E-state index is 11.8. The second kappa shape index (κ2) is 9.68. The summed E-state index contributed by atoms with van der Waals surface area (Å²) in [5.41, 5.74) is 6.02. The Bertz CT molecular complexity index is 1470. The van der Waals surface area contributed by atoms with E-state index in [9.17, 15) is 4.79 Å². The van der Waals surface area contributed by atoms with E-state index in [1.54, 1.807) is 30.7 Å². The van der Waals surface area contributed by atoms with Gasteiger partial charge in [0.2, 0.25) is 5.56 Å². The number of pyridine rings is 2. The first kappa shape index (κ1) is 22.6. The molecule has 4 aromatic rings. The van der Waals surface area contributed by atoms with Crippen LogP contribution in [0.25, 0.3) is 0 Å². The number of ether oxygens (including phenoxy) is 2. The minimum Gasteiger partial charge on any atom is -0.456 e. The van der Waals surface area contributed by atoms with Crippen molar-refractivity contribution < 1.29 is 9.47 Å². The van der Waals surface area contributed by atoms with Gasteiger partial charge in [0.1, 0.15) is 17.6 Å². The fourth-order valence-corrected chi connectivity index (χ4v) is 4.98. The Hall–Kier alpha value is -3.81. The molecule has 0 amide bonds. The van der Waals surface area contributed by atoms with Crippen LogP contribution >= 0.6 is 11.6 Å². The van der Waals surface area contributed by atoms with Gasteiger partial charge in [-0.2, -0.15) is 0 Å². The van der Waals surface area contributed by atoms with Gasteiger partial charge in [-0.05, 0) is 35.9 Å². The molecule has 2 aliphatic heterocycles. The molecule has 0 spiro atoms. The lowest BCUT2D eigenvalue weighted by Gasteiger charge is -2.36. The number of aromatic amines is 1. The standard InChI is InChI=1S/C28H25ClN4O3/c29-24-7-8-30-15-20(24)16-32-21-4-5-25-19(13-21)12-18-2-1-3-23(28(18)36-25)26-17-33(10-11-35-26)22-6-9-31-27(34)14-22/h1-9,13-15,26,32H,10-12,16-17H2,(H,31,34). The van der Waals surface area contributed by atoms with E-state index in [1.165, 1.54) is 0 Å². The van der Waals surface area contributed by atoms with Crippen molar-refractivity contribution in [2.45, 2.75) is 19.1 Å². The average Bonchev–Trinajstić information content (AvgIpc) is 2.91. The molecule has 8 heteroatoms. The van der Waals surface area contributed by atoms with Crippen molar-refractivity contribution >= 4 is 23.0 Å². The summed E-state index contributed by atoms with van der Waals surface area (Å²) < 4.78 is 12.6. The Morgan fingerprint density at radius 2 is 2.08 bits per heavy atom. The number of benzene rings is 2. The van der Waals surface area contributed by atoms with E-state index in [-0.39, 0.29) is 11.7 Å². The highest BCUT2D eigenvalue weighted by Gasteiger charge is 2.28. The number of rotatable bonds is 5. The summed E-state index contributed by atoms with van der Waals surface area (Å²) in [7, 11) is 0. The summed E-state index contributed by atoms with van der Waals surface area (Å²) in [5, 5.41) is 4.13. The van der Waals surface area contributed by atoms with Gasteiger partial charge in [-0.1, -0.05) is 29.8 Å². The third-order valence-electron chi connectivity index (χ3n) is 6.64. The quantitative estimate of drug-likeness (QED) is 0.340. The molecule has 2 aromatic carbocycles. The smallest absolute Gasteiger partial charge is 0.249 e. The minimum atomic E-state index is -0.153. The summed E-state index contributed by atoms with van der Waals surface area (Å²) >= 11 is 6.26. The Balaban J connectivity index is 1.21. The predicted octanol–water partition coefficient (Wildman–Crippen LogP) is 5.31. The first-order valence-electron chi connectivity index (χ1n) is 11.9. The number of H-pyrrole nitrogens is 1. The van der Waals surface area contributed by atoms with Crippen molar-refractivity contribution in [3.8, 4) is 11.5 Å². The summed E-state index contributed by atoms with van der Waals surface area (Å²) in [4.78, 5) is 20.8. The molecule has 0 radical (unpaired) electrons. The first-order chi connectivity index (χ1) is 17.6. The van der Waals surface area contributed by atoms with E-state index >= 15 is 0 Å². The molecule has 4 heterocycles. The van der Waals surface area contributed by atoms with Crippen molar-refractivity contribution in [3.05, 3.63) is 111 Å². The van der Waals surface area contributed by atoms with Crippen LogP contribution in [0.4, 0.5) is 11.4 Å². The first-order valence-corrected chi connectivity index (χ1v) is 12.3. The number of morpholine rings is 1. The molecule has 1 atom stereocenters. The van der Waals surface area contributed by atoms with Crippen LogP contribution in [0.5, 0.6) is 11.5 Å². The molecule has 36 heavy (non-hydrogen) atoms. The van der Waals surface area contributed by atoms with Crippen molar-refractivity contribution in [2.75, 3.05) is 29.9 Å². The SMILES string of the molecule is O=c1cc(N2CCOC(c3cccc4c3Oc3ccc(NCc5cnccc5Cl)cc3C4)C2)cc[nH]1. The third-order valence-corrected chi connectivity index (χ3v) is 7.01. The number of fused-ring (bicyclic) bond motifs is 2. The molecule has 1 fully saturated rings. The minimum absolute atomic E-state index is 0.107. The van der Waals surface area contributed by atoms with Crippen molar-refractivity contribution in [1.82, 2.24) is 9.97 Å². The summed E-state index contributed by atoms with van der Waals surface area (Å²) in [5.74, 6) is 1.72. The molecule has 182 valence electrons. The zero-order valence-corrected chi connectivity index (χ0v) is 20.3. The van der Waals surface area contributed by atoms with Crippen LogP contribution in [0, 0.1) is 0 Å². The summed E-state index contributed by atoms with van der Waals surface area (Å²) in [6.45, 7) is 2.55. The van der Waals surface area contributed by atoms with Crippen LogP contribution in [0.1, 0.15) is 28.4 Å². The van der Waals surface area contributed by atoms with Crippen LogP contribution in [0.2, 0.25) is 5.02 Å². The summed E-state index contributed by atoms with van der Waals surface area (Å²) in [6, 6.07) is 17.7. The lowest BCUT2D eigenvalue weighted by Crippen LogP contribution is -2.39. The van der Waals surface area contributed by atoms with E-state index in [0.717, 1.165) is 58.1 Å². The Morgan fingerprint density at radius 1 is 1.14 bits per heavy atom. The lowest BCUT2D eigenvalue weighted by atomic mass is 9.95. The normalized spacial score (nSPS) is 16.6.